The SMILES string of the molecule is CC(C)(C)C(NCC(=O)Nc1ccccc1C(=O)NCc1ccco1)c1ccccc1. The van der Waals surface area contributed by atoms with Crippen molar-refractivity contribution in [3.8, 4) is 0 Å². The quantitative estimate of drug-likeness (QED) is 0.501. The van der Waals surface area contributed by atoms with Crippen LogP contribution in [0.5, 0.6) is 0 Å². The summed E-state index contributed by atoms with van der Waals surface area (Å²) in [5.41, 5.74) is 1.92. The van der Waals surface area contributed by atoms with Gasteiger partial charge in [0.1, 0.15) is 5.76 Å². The van der Waals surface area contributed by atoms with Crippen LogP contribution in [0.25, 0.3) is 0 Å². The molecule has 2 amide bonds. The molecular formula is C25H29N3O3. The molecule has 162 valence electrons. The van der Waals surface area contributed by atoms with Crippen LogP contribution in [0.15, 0.2) is 77.4 Å². The Hall–Kier alpha value is -3.38. The molecule has 31 heavy (non-hydrogen) atoms. The largest absolute Gasteiger partial charge is 0.467 e. The Balaban J connectivity index is 1.63. The molecule has 0 saturated carbocycles. The van der Waals surface area contributed by atoms with Crippen molar-refractivity contribution in [1.82, 2.24) is 10.6 Å². The maximum Gasteiger partial charge on any atom is 0.253 e. The molecular weight excluding hydrogens is 390 g/mol. The molecule has 6 nitrogen and oxygen atoms in total. The molecule has 0 aliphatic rings. The highest BCUT2D eigenvalue weighted by Gasteiger charge is 2.26. The highest BCUT2D eigenvalue weighted by Crippen LogP contribution is 2.32. The van der Waals surface area contributed by atoms with E-state index in [0.717, 1.165) is 5.56 Å². The Labute approximate surface area is 183 Å². The molecule has 3 N–H and O–H groups in total. The normalized spacial score (nSPS) is 12.2. The first-order chi connectivity index (χ1) is 14.8. The molecule has 3 rings (SSSR count). The maximum absolute atomic E-state index is 12.7. The fourth-order valence-corrected chi connectivity index (χ4v) is 3.42. The average molecular weight is 420 g/mol. The topological polar surface area (TPSA) is 83.4 Å². The van der Waals surface area contributed by atoms with Crippen molar-refractivity contribution in [3.05, 3.63) is 89.9 Å². The second-order valence-electron chi connectivity index (χ2n) is 8.45. The Bertz CT molecular complexity index is 992. The van der Waals surface area contributed by atoms with Crippen LogP contribution in [0.2, 0.25) is 0 Å². The van der Waals surface area contributed by atoms with Gasteiger partial charge >= 0.3 is 0 Å². The fourth-order valence-electron chi connectivity index (χ4n) is 3.42. The van der Waals surface area contributed by atoms with E-state index < -0.39 is 0 Å². The summed E-state index contributed by atoms with van der Waals surface area (Å²) < 4.78 is 5.24. The van der Waals surface area contributed by atoms with E-state index in [1.165, 1.54) is 0 Å². The summed E-state index contributed by atoms with van der Waals surface area (Å²) in [6.45, 7) is 6.80. The van der Waals surface area contributed by atoms with Crippen molar-refractivity contribution in [3.63, 3.8) is 0 Å². The van der Waals surface area contributed by atoms with E-state index in [-0.39, 0.29) is 36.4 Å². The predicted molar refractivity (Wildman–Crippen MR) is 122 cm³/mol. The molecule has 0 radical (unpaired) electrons. The molecule has 6 heteroatoms. The fraction of sp³-hybridized carbons (Fsp3) is 0.280. The van der Waals surface area contributed by atoms with Crippen molar-refractivity contribution in [1.29, 1.82) is 0 Å². The molecule has 0 aliphatic carbocycles. The van der Waals surface area contributed by atoms with Crippen LogP contribution in [-0.2, 0) is 11.3 Å². The number of hydrogen-bond acceptors (Lipinski definition) is 4. The standard InChI is InChI=1S/C25H29N3O3/c1-25(2,3)23(18-10-5-4-6-11-18)26-17-22(29)28-21-14-8-7-13-20(21)24(30)27-16-19-12-9-15-31-19/h4-15,23,26H,16-17H2,1-3H3,(H,27,30)(H,28,29). The highest BCUT2D eigenvalue weighted by molar-refractivity contribution is 6.04. The second-order valence-corrected chi connectivity index (χ2v) is 8.45. The Morgan fingerprint density at radius 2 is 1.65 bits per heavy atom. The summed E-state index contributed by atoms with van der Waals surface area (Å²) in [4.78, 5) is 25.3. The van der Waals surface area contributed by atoms with E-state index in [9.17, 15) is 9.59 Å². The number of carbonyl (C=O) groups is 2. The summed E-state index contributed by atoms with van der Waals surface area (Å²) in [6, 6.07) is 20.6. The van der Waals surface area contributed by atoms with Gasteiger partial charge in [-0.3, -0.25) is 9.59 Å². The minimum atomic E-state index is -0.280. The van der Waals surface area contributed by atoms with Crippen LogP contribution >= 0.6 is 0 Å². The van der Waals surface area contributed by atoms with Gasteiger partial charge in [0.2, 0.25) is 5.91 Å². The number of nitrogens with one attached hydrogen (secondary N) is 3. The van der Waals surface area contributed by atoms with E-state index in [4.69, 9.17) is 4.42 Å². The minimum absolute atomic E-state index is 0.00582. The molecule has 2 aromatic carbocycles. The third-order valence-corrected chi connectivity index (χ3v) is 4.91. The molecule has 1 heterocycles. The third kappa shape index (κ3) is 6.30. The van der Waals surface area contributed by atoms with Crippen LogP contribution in [0.4, 0.5) is 5.69 Å². The van der Waals surface area contributed by atoms with Crippen molar-refractivity contribution in [2.75, 3.05) is 11.9 Å². The van der Waals surface area contributed by atoms with Crippen molar-refractivity contribution in [2.24, 2.45) is 5.41 Å². The van der Waals surface area contributed by atoms with Crippen molar-refractivity contribution >= 4 is 17.5 Å². The highest BCUT2D eigenvalue weighted by atomic mass is 16.3. The van der Waals surface area contributed by atoms with E-state index in [0.29, 0.717) is 17.0 Å². The monoisotopic (exact) mass is 419 g/mol. The van der Waals surface area contributed by atoms with E-state index in [1.807, 2.05) is 18.2 Å². The zero-order chi connectivity index (χ0) is 22.3. The van der Waals surface area contributed by atoms with Gasteiger partial charge in [0.25, 0.3) is 5.91 Å². The van der Waals surface area contributed by atoms with Gasteiger partial charge in [-0.25, -0.2) is 0 Å². The first-order valence-corrected chi connectivity index (χ1v) is 10.3. The molecule has 1 atom stereocenters. The maximum atomic E-state index is 12.7. The van der Waals surface area contributed by atoms with Gasteiger partial charge in [-0.05, 0) is 35.2 Å². The van der Waals surface area contributed by atoms with Crippen molar-refractivity contribution in [2.45, 2.75) is 33.4 Å². The van der Waals surface area contributed by atoms with E-state index in [2.05, 4.69) is 48.9 Å². The lowest BCUT2D eigenvalue weighted by atomic mass is 9.82. The number of hydrogen-bond donors (Lipinski definition) is 3. The van der Waals surface area contributed by atoms with Crippen LogP contribution in [0.3, 0.4) is 0 Å². The van der Waals surface area contributed by atoms with E-state index >= 15 is 0 Å². The predicted octanol–water partition coefficient (Wildman–Crippen LogP) is 4.53. The van der Waals surface area contributed by atoms with Gasteiger partial charge < -0.3 is 20.4 Å². The summed E-state index contributed by atoms with van der Waals surface area (Å²) in [6.07, 6.45) is 1.56. The number of anilines is 1. The lowest BCUT2D eigenvalue weighted by molar-refractivity contribution is -0.115. The van der Waals surface area contributed by atoms with Gasteiger partial charge in [0, 0.05) is 6.04 Å². The van der Waals surface area contributed by atoms with Crippen LogP contribution in [-0.4, -0.2) is 18.4 Å². The zero-order valence-electron chi connectivity index (χ0n) is 18.1. The van der Waals surface area contributed by atoms with E-state index in [1.54, 1.807) is 42.7 Å². The molecule has 0 spiro atoms. The van der Waals surface area contributed by atoms with Gasteiger partial charge in [-0.1, -0.05) is 63.2 Å². The molecule has 0 bridgehead atoms. The number of rotatable bonds is 8. The van der Waals surface area contributed by atoms with Gasteiger partial charge in [-0.15, -0.1) is 0 Å². The summed E-state index contributed by atoms with van der Waals surface area (Å²) >= 11 is 0. The number of para-hydroxylation sites is 1. The van der Waals surface area contributed by atoms with Crippen LogP contribution in [0, 0.1) is 5.41 Å². The molecule has 1 unspecified atom stereocenters. The zero-order valence-corrected chi connectivity index (χ0v) is 18.1. The first-order valence-electron chi connectivity index (χ1n) is 10.3. The molecule has 0 fully saturated rings. The summed E-state index contributed by atoms with van der Waals surface area (Å²) in [5.74, 6) is 0.168. The van der Waals surface area contributed by atoms with Gasteiger partial charge in [-0.2, -0.15) is 0 Å². The Morgan fingerprint density at radius 1 is 0.935 bits per heavy atom. The van der Waals surface area contributed by atoms with Crippen LogP contribution < -0.4 is 16.0 Å². The van der Waals surface area contributed by atoms with Crippen LogP contribution in [0.1, 0.15) is 48.5 Å². The number of carbonyl (C=O) groups excluding carboxylic acids is 2. The Morgan fingerprint density at radius 3 is 2.32 bits per heavy atom. The molecule has 0 saturated heterocycles. The molecule has 0 aliphatic heterocycles. The molecule has 3 aromatic rings. The minimum Gasteiger partial charge on any atom is -0.467 e. The number of furan rings is 1. The lowest BCUT2D eigenvalue weighted by Crippen LogP contribution is -2.37. The lowest BCUT2D eigenvalue weighted by Gasteiger charge is -2.32. The second kappa shape index (κ2) is 10.1. The first kappa shape index (κ1) is 22.3. The van der Waals surface area contributed by atoms with Gasteiger partial charge in [0.05, 0.1) is 30.6 Å². The summed E-state index contributed by atoms with van der Waals surface area (Å²) in [5, 5.41) is 9.03. The Kier molecular flexibility index (Phi) is 7.26. The number of amides is 2. The van der Waals surface area contributed by atoms with Crippen molar-refractivity contribution < 1.29 is 14.0 Å². The summed E-state index contributed by atoms with van der Waals surface area (Å²) in [7, 11) is 0. The van der Waals surface area contributed by atoms with Gasteiger partial charge in [0.15, 0.2) is 0 Å². The third-order valence-electron chi connectivity index (χ3n) is 4.91. The smallest absolute Gasteiger partial charge is 0.253 e. The number of benzene rings is 2. The average Bonchev–Trinajstić information content (AvgIpc) is 3.26. The molecule has 1 aromatic heterocycles.